The van der Waals surface area contributed by atoms with Gasteiger partial charge in [0.2, 0.25) is 17.1 Å². The summed E-state index contributed by atoms with van der Waals surface area (Å²) in [6.45, 7) is 4.01. The second-order valence-corrected chi connectivity index (χ2v) is 11.7. The molecule has 3 heterocycles. The van der Waals surface area contributed by atoms with Gasteiger partial charge >= 0.3 is 0 Å². The average molecular weight is 771 g/mol. The van der Waals surface area contributed by atoms with Crippen molar-refractivity contribution in [2.75, 3.05) is 39.1 Å². The lowest BCUT2D eigenvalue weighted by Crippen LogP contribution is -2.21. The fourth-order valence-electron chi connectivity index (χ4n) is 5.56. The van der Waals surface area contributed by atoms with Crippen LogP contribution in [0.3, 0.4) is 0 Å². The first-order valence-electron chi connectivity index (χ1n) is 16.2. The third kappa shape index (κ3) is 10.6. The summed E-state index contributed by atoms with van der Waals surface area (Å²) < 4.78 is 58.7. The molecule has 0 spiro atoms. The summed E-state index contributed by atoms with van der Waals surface area (Å²) in [5.41, 5.74) is 7.29. The summed E-state index contributed by atoms with van der Waals surface area (Å²) >= 11 is 4.32. The average Bonchev–Trinajstić information content (AvgIpc) is 3.67. The number of para-hydroxylation sites is 1. The van der Waals surface area contributed by atoms with Crippen molar-refractivity contribution in [2.24, 2.45) is 0 Å². The van der Waals surface area contributed by atoms with Gasteiger partial charge in [0.05, 0.1) is 36.6 Å². The highest BCUT2D eigenvalue weighted by Gasteiger charge is 2.14. The molecule has 7 rings (SSSR count). The van der Waals surface area contributed by atoms with Gasteiger partial charge in [0.1, 0.15) is 0 Å². The molecule has 10 nitrogen and oxygen atoms in total. The molecule has 0 unspecified atom stereocenters. The van der Waals surface area contributed by atoms with Gasteiger partial charge in [-0.1, -0.05) is 12.1 Å². The van der Waals surface area contributed by atoms with E-state index in [1.807, 2.05) is 18.2 Å². The summed E-state index contributed by atoms with van der Waals surface area (Å²) in [7, 11) is 1.62. The van der Waals surface area contributed by atoms with Crippen LogP contribution in [0.4, 0.5) is 18.9 Å². The van der Waals surface area contributed by atoms with E-state index in [0.717, 1.165) is 36.7 Å². The zero-order valence-electron chi connectivity index (χ0n) is 28.5. The van der Waals surface area contributed by atoms with Crippen molar-refractivity contribution in [2.45, 2.75) is 19.3 Å². The number of benzene rings is 4. The lowest BCUT2D eigenvalue weighted by molar-refractivity contribution is 0.254. The van der Waals surface area contributed by atoms with Gasteiger partial charge in [0, 0.05) is 47.3 Å². The Morgan fingerprint density at radius 3 is 2.36 bits per heavy atom. The van der Waals surface area contributed by atoms with Crippen LogP contribution in [0.1, 0.15) is 19.3 Å². The number of carbonyl (C=O) groups is 1. The fourth-order valence-corrected chi connectivity index (χ4v) is 5.56. The summed E-state index contributed by atoms with van der Waals surface area (Å²) in [4.78, 5) is 27.2. The van der Waals surface area contributed by atoms with Crippen LogP contribution >= 0.6 is 24.0 Å². The van der Waals surface area contributed by atoms with Crippen LogP contribution in [0.15, 0.2) is 95.9 Å². The fraction of sp³-hybridized carbons (Fsp3) is 0.211. The van der Waals surface area contributed by atoms with Crippen LogP contribution in [-0.2, 0) is 4.79 Å². The molecule has 0 saturated carbocycles. The second kappa shape index (κ2) is 19.5. The molecule has 15 heteroatoms. The number of anilines is 1. The zero-order valence-corrected chi connectivity index (χ0v) is 30.1. The van der Waals surface area contributed by atoms with Crippen LogP contribution < -0.4 is 25.4 Å². The predicted molar refractivity (Wildman–Crippen MR) is 202 cm³/mol. The lowest BCUT2D eigenvalue weighted by Gasteiger charge is -2.16. The van der Waals surface area contributed by atoms with Crippen LogP contribution in [-0.4, -0.2) is 58.8 Å². The number of methoxy groups -OCH3 is 1. The Balaban J connectivity index is 0.000000234. The van der Waals surface area contributed by atoms with Gasteiger partial charge in [0.25, 0.3) is 0 Å². The highest BCUT2D eigenvalue weighted by Crippen LogP contribution is 2.34. The largest absolute Gasteiger partial charge is 0.493 e. The molecule has 0 bridgehead atoms. The zero-order chi connectivity index (χ0) is 37.0. The number of ether oxygens (including phenoxy) is 3. The van der Waals surface area contributed by atoms with Gasteiger partial charge in [-0.15, -0.1) is 12.4 Å². The molecule has 1 saturated heterocycles. The first-order valence-corrected chi connectivity index (χ1v) is 16.7. The molecule has 278 valence electrons. The molecule has 0 amide bonds. The van der Waals surface area contributed by atoms with Crippen LogP contribution in [0.2, 0.25) is 0 Å². The Hall–Kier alpha value is -5.37. The van der Waals surface area contributed by atoms with E-state index in [9.17, 15) is 18.0 Å². The van der Waals surface area contributed by atoms with Gasteiger partial charge in [-0.3, -0.25) is 9.59 Å². The maximum absolute atomic E-state index is 14.0. The molecule has 0 radical (unpaired) electrons. The number of carbonyl (C=O) groups excluding carboxylic acids is 1. The van der Waals surface area contributed by atoms with Crippen molar-refractivity contribution in [1.29, 1.82) is 0 Å². The number of pyridine rings is 1. The van der Waals surface area contributed by atoms with Crippen LogP contribution in [0, 0.1) is 17.5 Å². The smallest absolute Gasteiger partial charge is 0.219 e. The second-order valence-electron chi connectivity index (χ2n) is 11.5. The molecular formula is C38H36Cl2F3N5O5. The number of fused-ring (bicyclic) bond motifs is 2. The number of hydrogen-bond donors (Lipinski definition) is 1. The SMILES string of the molecule is COc1cc2ccc(Oc3ccc(N)cc3F)nc2cc1OCCCN1CCCC1.Cl.O=CCl.O=c1cnn(-c2ccc(F)c(F)c2)c2ccccc12. The van der Waals surface area contributed by atoms with Gasteiger partial charge < -0.3 is 24.8 Å². The number of hydrogen-bond acceptors (Lipinski definition) is 9. The minimum Gasteiger partial charge on any atom is -0.493 e. The van der Waals surface area contributed by atoms with E-state index < -0.39 is 17.5 Å². The third-order valence-corrected chi connectivity index (χ3v) is 8.03. The van der Waals surface area contributed by atoms with Crippen molar-refractivity contribution in [3.05, 3.63) is 119 Å². The van der Waals surface area contributed by atoms with E-state index in [0.29, 0.717) is 45.9 Å². The van der Waals surface area contributed by atoms with Crippen molar-refractivity contribution in [3.63, 3.8) is 0 Å². The molecule has 0 atom stereocenters. The molecule has 1 aliphatic rings. The van der Waals surface area contributed by atoms with Crippen molar-refractivity contribution in [3.8, 4) is 28.8 Å². The predicted octanol–water partition coefficient (Wildman–Crippen LogP) is 8.12. The summed E-state index contributed by atoms with van der Waals surface area (Å²) in [6.07, 6.45) is 4.68. The Bertz CT molecular complexity index is 2220. The number of rotatable bonds is 9. The van der Waals surface area contributed by atoms with E-state index in [-0.39, 0.29) is 35.2 Å². The Labute approximate surface area is 314 Å². The minimum absolute atomic E-state index is 0. The third-order valence-electron chi connectivity index (χ3n) is 8.03. The van der Waals surface area contributed by atoms with E-state index in [1.165, 1.54) is 48.8 Å². The number of aromatic nitrogens is 3. The molecule has 2 N–H and O–H groups in total. The van der Waals surface area contributed by atoms with Gasteiger partial charge in [-0.2, -0.15) is 5.10 Å². The number of nitrogens with zero attached hydrogens (tertiary/aromatic N) is 4. The summed E-state index contributed by atoms with van der Waals surface area (Å²) in [5.74, 6) is -0.539. The Morgan fingerprint density at radius 1 is 0.887 bits per heavy atom. The highest BCUT2D eigenvalue weighted by atomic mass is 35.5. The number of likely N-dealkylation sites (tertiary alicyclic amines) is 1. The van der Waals surface area contributed by atoms with Gasteiger partial charge in [-0.25, -0.2) is 22.8 Å². The summed E-state index contributed by atoms with van der Waals surface area (Å²) in [6, 6.07) is 21.9. The normalized spacial score (nSPS) is 12.2. The molecule has 6 aromatic rings. The quantitative estimate of drug-likeness (QED) is 0.0673. The highest BCUT2D eigenvalue weighted by molar-refractivity contribution is 6.54. The molecule has 53 heavy (non-hydrogen) atoms. The van der Waals surface area contributed by atoms with E-state index in [1.54, 1.807) is 43.5 Å². The summed E-state index contributed by atoms with van der Waals surface area (Å²) in [5, 5.41) is 5.31. The first-order chi connectivity index (χ1) is 25.2. The van der Waals surface area contributed by atoms with Crippen molar-refractivity contribution < 1.29 is 32.2 Å². The van der Waals surface area contributed by atoms with E-state index in [4.69, 9.17) is 24.7 Å². The maximum Gasteiger partial charge on any atom is 0.219 e. The van der Waals surface area contributed by atoms with Crippen LogP contribution in [0.25, 0.3) is 27.5 Å². The molecular weight excluding hydrogens is 734 g/mol. The molecule has 2 aromatic heterocycles. The molecule has 0 aliphatic carbocycles. The molecule has 1 fully saturated rings. The van der Waals surface area contributed by atoms with E-state index in [2.05, 4.69) is 26.6 Å². The minimum atomic E-state index is -0.956. The van der Waals surface area contributed by atoms with Gasteiger partial charge in [0.15, 0.2) is 34.7 Å². The number of nitrogen functional groups attached to an aromatic ring is 1. The van der Waals surface area contributed by atoms with Crippen molar-refractivity contribution >= 4 is 57.2 Å². The topological polar surface area (TPSA) is 122 Å². The standard InChI is InChI=1S/C23H26FN3O3.C14H8F2N2O.CHClO.ClH/c1-28-21-13-16-5-8-23(30-20-7-6-17(25)14-18(20)24)26-19(16)15-22(21)29-12-4-11-27-9-2-3-10-27;15-11-6-5-9(7-12(11)16)18-13-4-2-1-3-10(13)14(19)8-17-18;2-1-3;/h5-8,13-15H,2-4,9-12,25H2,1H3;1-8H;1H;1H. The first kappa shape index (κ1) is 40.4. The van der Waals surface area contributed by atoms with Crippen molar-refractivity contribution in [1.82, 2.24) is 19.7 Å². The van der Waals surface area contributed by atoms with E-state index >= 15 is 0 Å². The van der Waals surface area contributed by atoms with Crippen LogP contribution in [0.5, 0.6) is 23.1 Å². The van der Waals surface area contributed by atoms with Gasteiger partial charge in [-0.05, 0) is 92.5 Å². The monoisotopic (exact) mass is 769 g/mol. The number of nitrogens with two attached hydrogens (primary N) is 1. The number of halogens is 5. The molecule has 1 aliphatic heterocycles. The Kier molecular flexibility index (Phi) is 14.8. The molecule has 4 aromatic carbocycles. The maximum atomic E-state index is 14.0. The Morgan fingerprint density at radius 2 is 1.64 bits per heavy atom. The lowest BCUT2D eigenvalue weighted by atomic mass is 10.2.